The smallest absolute Gasteiger partial charge is 0.0698 e. The minimum absolute atomic E-state index is 0.177. The molecule has 0 aliphatic heterocycles. The van der Waals surface area contributed by atoms with Crippen molar-refractivity contribution in [2.75, 3.05) is 11.5 Å². The van der Waals surface area contributed by atoms with Gasteiger partial charge < -0.3 is 5.11 Å². The van der Waals surface area contributed by atoms with Crippen LogP contribution < -0.4 is 0 Å². The minimum atomic E-state index is -0.333. The SMILES string of the molecule is OC(CS)C(P)CS. The molecule has 0 aromatic heterocycles. The van der Waals surface area contributed by atoms with Crippen molar-refractivity contribution < 1.29 is 5.11 Å². The molecule has 8 heavy (non-hydrogen) atoms. The number of aliphatic hydroxyl groups excluding tert-OH is 1. The van der Waals surface area contributed by atoms with Crippen LogP contribution in [-0.2, 0) is 0 Å². The molecule has 3 unspecified atom stereocenters. The molecule has 0 bridgehead atoms. The first-order chi connectivity index (χ1) is 3.72. The predicted octanol–water partition coefficient (Wildman–Crippen LogP) is 0.451. The van der Waals surface area contributed by atoms with Gasteiger partial charge in [0.25, 0.3) is 0 Å². The van der Waals surface area contributed by atoms with Crippen molar-refractivity contribution in [2.24, 2.45) is 0 Å². The highest BCUT2D eigenvalue weighted by atomic mass is 32.1. The van der Waals surface area contributed by atoms with E-state index in [0.717, 1.165) is 0 Å². The van der Waals surface area contributed by atoms with Gasteiger partial charge in [-0.3, -0.25) is 0 Å². The summed E-state index contributed by atoms with van der Waals surface area (Å²) < 4.78 is 0. The lowest BCUT2D eigenvalue weighted by Crippen LogP contribution is -2.23. The van der Waals surface area contributed by atoms with Crippen LogP contribution in [0.2, 0.25) is 0 Å². The van der Waals surface area contributed by atoms with Crippen LogP contribution in [-0.4, -0.2) is 28.4 Å². The third-order valence-electron chi connectivity index (χ3n) is 0.892. The maximum absolute atomic E-state index is 8.98. The molecule has 0 radical (unpaired) electrons. The molecule has 1 nitrogen and oxygen atoms in total. The summed E-state index contributed by atoms with van der Waals surface area (Å²) in [5.74, 6) is 1.20. The zero-order chi connectivity index (χ0) is 6.57. The lowest BCUT2D eigenvalue weighted by atomic mass is 10.3. The maximum Gasteiger partial charge on any atom is 0.0698 e. The Bertz CT molecular complexity index is 54.0. The Hall–Kier alpha value is 1.09. The first-order valence-corrected chi connectivity index (χ1v) is 4.31. The fraction of sp³-hybridized carbons (Fsp3) is 1.00. The first kappa shape index (κ1) is 9.09. The van der Waals surface area contributed by atoms with Crippen LogP contribution in [0, 0.1) is 0 Å². The lowest BCUT2D eigenvalue weighted by Gasteiger charge is -2.12. The average Bonchev–Trinajstić information content (AvgIpc) is 1.84. The normalized spacial score (nSPS) is 18.0. The Morgan fingerprint density at radius 2 is 1.88 bits per heavy atom. The first-order valence-electron chi connectivity index (χ1n) is 2.37. The Morgan fingerprint density at radius 1 is 1.38 bits per heavy atom. The summed E-state index contributed by atoms with van der Waals surface area (Å²) in [4.78, 5) is 0. The molecule has 0 spiro atoms. The number of hydrogen-bond acceptors (Lipinski definition) is 3. The molecule has 50 valence electrons. The molecule has 1 N–H and O–H groups in total. The van der Waals surface area contributed by atoms with Crippen molar-refractivity contribution in [1.29, 1.82) is 0 Å². The molecule has 0 aromatic rings. The monoisotopic (exact) mass is 170 g/mol. The number of hydrogen-bond donors (Lipinski definition) is 3. The third kappa shape index (κ3) is 3.18. The summed E-state index contributed by atoms with van der Waals surface area (Å²) in [7, 11) is 2.52. The van der Waals surface area contributed by atoms with E-state index in [9.17, 15) is 0 Å². The van der Waals surface area contributed by atoms with E-state index < -0.39 is 0 Å². The second-order valence-electron chi connectivity index (χ2n) is 1.60. The van der Waals surface area contributed by atoms with Gasteiger partial charge in [-0.25, -0.2) is 0 Å². The van der Waals surface area contributed by atoms with Gasteiger partial charge in [0.2, 0.25) is 0 Å². The van der Waals surface area contributed by atoms with Crippen molar-refractivity contribution in [1.82, 2.24) is 0 Å². The van der Waals surface area contributed by atoms with E-state index in [1.165, 1.54) is 0 Å². The summed E-state index contributed by atoms with van der Waals surface area (Å²) in [5, 5.41) is 8.98. The fourth-order valence-corrected chi connectivity index (χ4v) is 1.14. The molecular weight excluding hydrogens is 159 g/mol. The van der Waals surface area contributed by atoms with E-state index in [1.807, 2.05) is 0 Å². The molecule has 4 heteroatoms. The van der Waals surface area contributed by atoms with Gasteiger partial charge in [0.05, 0.1) is 6.10 Å². The molecule has 0 amide bonds. The summed E-state index contributed by atoms with van der Waals surface area (Å²) in [6.45, 7) is 0. The number of rotatable bonds is 3. The van der Waals surface area contributed by atoms with Gasteiger partial charge in [-0.15, -0.1) is 9.24 Å². The van der Waals surface area contributed by atoms with Gasteiger partial charge in [0.1, 0.15) is 0 Å². The van der Waals surface area contributed by atoms with Crippen LogP contribution in [0.15, 0.2) is 0 Å². The topological polar surface area (TPSA) is 20.2 Å². The van der Waals surface area contributed by atoms with Crippen LogP contribution in [0.3, 0.4) is 0 Å². The standard InChI is InChI=1S/C4H11OPS2/c5-3(1-7)4(6)2-8/h3-5,7-8H,1-2,6H2. The van der Waals surface area contributed by atoms with Crippen LogP contribution in [0.1, 0.15) is 0 Å². The fourth-order valence-electron chi connectivity index (χ4n) is 0.257. The second kappa shape index (κ2) is 4.92. The summed E-state index contributed by atoms with van der Waals surface area (Å²) >= 11 is 7.91. The number of thiol groups is 2. The molecule has 0 rings (SSSR count). The van der Waals surface area contributed by atoms with Crippen molar-refractivity contribution >= 4 is 34.5 Å². The predicted molar refractivity (Wildman–Crippen MR) is 47.2 cm³/mol. The molecule has 0 aliphatic carbocycles. The quantitative estimate of drug-likeness (QED) is 0.415. The van der Waals surface area contributed by atoms with Crippen LogP contribution in [0.5, 0.6) is 0 Å². The van der Waals surface area contributed by atoms with Crippen LogP contribution in [0.25, 0.3) is 0 Å². The van der Waals surface area contributed by atoms with Crippen LogP contribution in [0.4, 0.5) is 0 Å². The van der Waals surface area contributed by atoms with Crippen molar-refractivity contribution in [2.45, 2.75) is 11.8 Å². The molecule has 0 heterocycles. The molecule has 0 saturated carbocycles. The highest BCUT2D eigenvalue weighted by molar-refractivity contribution is 7.80. The average molecular weight is 170 g/mol. The van der Waals surface area contributed by atoms with Gasteiger partial charge in [-0.1, -0.05) is 0 Å². The Kier molecular flexibility index (Phi) is 5.59. The molecule has 0 aromatic carbocycles. The molecule has 0 saturated heterocycles. The van der Waals surface area contributed by atoms with E-state index in [1.54, 1.807) is 0 Å². The van der Waals surface area contributed by atoms with Gasteiger partial charge in [-0.2, -0.15) is 25.3 Å². The zero-order valence-electron chi connectivity index (χ0n) is 4.49. The lowest BCUT2D eigenvalue weighted by molar-refractivity contribution is 0.202. The third-order valence-corrected chi connectivity index (χ3v) is 2.76. The van der Waals surface area contributed by atoms with E-state index in [-0.39, 0.29) is 11.8 Å². The molecular formula is C4H11OPS2. The van der Waals surface area contributed by atoms with E-state index in [2.05, 4.69) is 34.5 Å². The molecule has 0 fully saturated rings. The highest BCUT2D eigenvalue weighted by Crippen LogP contribution is 2.08. The molecule has 0 aliphatic rings. The number of aliphatic hydroxyl groups is 1. The largest absolute Gasteiger partial charge is 0.392 e. The van der Waals surface area contributed by atoms with Gasteiger partial charge in [0, 0.05) is 11.4 Å². The van der Waals surface area contributed by atoms with Gasteiger partial charge in [-0.05, 0) is 5.75 Å². The maximum atomic E-state index is 8.98. The Labute approximate surface area is 63.3 Å². The van der Waals surface area contributed by atoms with Crippen molar-refractivity contribution in [3.63, 3.8) is 0 Å². The van der Waals surface area contributed by atoms with E-state index >= 15 is 0 Å². The highest BCUT2D eigenvalue weighted by Gasteiger charge is 2.08. The Balaban J connectivity index is 3.29. The van der Waals surface area contributed by atoms with Crippen molar-refractivity contribution in [3.8, 4) is 0 Å². The van der Waals surface area contributed by atoms with Gasteiger partial charge >= 0.3 is 0 Å². The van der Waals surface area contributed by atoms with E-state index in [0.29, 0.717) is 11.5 Å². The summed E-state index contributed by atoms with van der Waals surface area (Å²) in [5.41, 5.74) is 0.177. The molecule has 3 atom stereocenters. The van der Waals surface area contributed by atoms with E-state index in [4.69, 9.17) is 5.11 Å². The summed E-state index contributed by atoms with van der Waals surface area (Å²) in [6.07, 6.45) is -0.333. The second-order valence-corrected chi connectivity index (χ2v) is 3.18. The summed E-state index contributed by atoms with van der Waals surface area (Å²) in [6, 6.07) is 0. The zero-order valence-corrected chi connectivity index (χ0v) is 7.43. The minimum Gasteiger partial charge on any atom is -0.392 e. The van der Waals surface area contributed by atoms with Crippen LogP contribution >= 0.6 is 34.5 Å². The Morgan fingerprint density at radius 3 is 2.00 bits per heavy atom. The van der Waals surface area contributed by atoms with Gasteiger partial charge in [0.15, 0.2) is 0 Å². The van der Waals surface area contributed by atoms with Crippen molar-refractivity contribution in [3.05, 3.63) is 0 Å².